The standard InChI is InChI=1S/C15H22Cl2N2O3/c1-21-14-4-3-11(9-12(18)15(20)22-2)10-13(14)19(7-5-16)8-6-17/h3-4,10,12H,5-9,18H2,1-2H3/t12-/m1/s1. The number of benzene rings is 1. The van der Waals surface area contributed by atoms with Crippen LogP contribution in [-0.4, -0.2) is 51.1 Å². The van der Waals surface area contributed by atoms with Gasteiger partial charge in [-0.05, 0) is 24.1 Å². The molecule has 1 aromatic rings. The first-order valence-corrected chi connectivity index (χ1v) is 8.01. The largest absolute Gasteiger partial charge is 0.495 e. The van der Waals surface area contributed by atoms with Crippen molar-refractivity contribution in [1.82, 2.24) is 0 Å². The van der Waals surface area contributed by atoms with Gasteiger partial charge in [0.05, 0.1) is 19.9 Å². The predicted molar refractivity (Wildman–Crippen MR) is 90.3 cm³/mol. The highest BCUT2D eigenvalue weighted by Crippen LogP contribution is 2.30. The van der Waals surface area contributed by atoms with Gasteiger partial charge in [-0.15, -0.1) is 23.2 Å². The van der Waals surface area contributed by atoms with E-state index in [-0.39, 0.29) is 0 Å². The summed E-state index contributed by atoms with van der Waals surface area (Å²) in [5.41, 5.74) is 7.62. The van der Waals surface area contributed by atoms with Crippen LogP contribution >= 0.6 is 23.2 Å². The summed E-state index contributed by atoms with van der Waals surface area (Å²) in [4.78, 5) is 13.5. The molecule has 1 atom stereocenters. The lowest BCUT2D eigenvalue weighted by Gasteiger charge is -2.25. The number of nitrogens with two attached hydrogens (primary N) is 1. The molecule has 1 aromatic carbocycles. The average molecular weight is 349 g/mol. The normalized spacial score (nSPS) is 11.9. The van der Waals surface area contributed by atoms with Gasteiger partial charge in [0.2, 0.25) is 0 Å². The molecule has 5 nitrogen and oxygen atoms in total. The van der Waals surface area contributed by atoms with Crippen molar-refractivity contribution < 1.29 is 14.3 Å². The van der Waals surface area contributed by atoms with E-state index in [2.05, 4.69) is 4.74 Å². The molecule has 7 heteroatoms. The smallest absolute Gasteiger partial charge is 0.322 e. The quantitative estimate of drug-likeness (QED) is 0.546. The summed E-state index contributed by atoms with van der Waals surface area (Å²) in [6, 6.07) is 4.98. The number of hydrogen-bond donors (Lipinski definition) is 1. The minimum Gasteiger partial charge on any atom is -0.495 e. The lowest BCUT2D eigenvalue weighted by atomic mass is 10.0. The van der Waals surface area contributed by atoms with Gasteiger partial charge in [0.25, 0.3) is 0 Å². The SMILES string of the molecule is COC(=O)[C@H](N)Cc1ccc(OC)c(N(CCCl)CCCl)c1. The zero-order chi connectivity index (χ0) is 16.5. The number of carbonyl (C=O) groups excluding carboxylic acids is 1. The maximum absolute atomic E-state index is 11.4. The fourth-order valence-electron chi connectivity index (χ4n) is 2.16. The van der Waals surface area contributed by atoms with Crippen LogP contribution in [0.5, 0.6) is 5.75 Å². The second-order valence-electron chi connectivity index (χ2n) is 4.70. The molecule has 0 fully saturated rings. The molecule has 0 amide bonds. The minimum absolute atomic E-state index is 0.388. The Morgan fingerprint density at radius 1 is 1.27 bits per heavy atom. The number of rotatable bonds is 9. The molecule has 0 saturated heterocycles. The first kappa shape index (κ1) is 18.9. The van der Waals surface area contributed by atoms with Crippen LogP contribution in [0.4, 0.5) is 5.69 Å². The number of halogens is 2. The van der Waals surface area contributed by atoms with Crippen molar-refractivity contribution in [2.24, 2.45) is 5.73 Å². The van der Waals surface area contributed by atoms with E-state index in [0.717, 1.165) is 17.0 Å². The molecule has 0 unspecified atom stereocenters. The molecule has 0 heterocycles. The molecule has 0 spiro atoms. The molecule has 0 aliphatic rings. The van der Waals surface area contributed by atoms with E-state index < -0.39 is 12.0 Å². The Morgan fingerprint density at radius 3 is 2.41 bits per heavy atom. The van der Waals surface area contributed by atoms with Crippen LogP contribution < -0.4 is 15.4 Å². The van der Waals surface area contributed by atoms with Gasteiger partial charge < -0.3 is 20.1 Å². The Morgan fingerprint density at radius 2 is 1.91 bits per heavy atom. The van der Waals surface area contributed by atoms with Crippen molar-refractivity contribution in [3.05, 3.63) is 23.8 Å². The van der Waals surface area contributed by atoms with Gasteiger partial charge >= 0.3 is 5.97 Å². The van der Waals surface area contributed by atoms with Gasteiger partial charge in [-0.2, -0.15) is 0 Å². The Balaban J connectivity index is 3.03. The molecule has 0 radical (unpaired) electrons. The third kappa shape index (κ3) is 5.23. The molecule has 0 aliphatic heterocycles. The second kappa shape index (κ2) is 9.77. The molecule has 1 rings (SSSR count). The maximum Gasteiger partial charge on any atom is 0.322 e. The van der Waals surface area contributed by atoms with E-state index in [4.69, 9.17) is 33.7 Å². The van der Waals surface area contributed by atoms with Gasteiger partial charge in [0, 0.05) is 24.8 Å². The lowest BCUT2D eigenvalue weighted by Crippen LogP contribution is -2.33. The lowest BCUT2D eigenvalue weighted by molar-refractivity contribution is -0.142. The summed E-state index contributed by atoms with van der Waals surface area (Å²) in [6.07, 6.45) is 0.388. The maximum atomic E-state index is 11.4. The second-order valence-corrected chi connectivity index (χ2v) is 5.46. The number of anilines is 1. The van der Waals surface area contributed by atoms with Gasteiger partial charge in [0.1, 0.15) is 11.8 Å². The van der Waals surface area contributed by atoms with E-state index in [1.807, 2.05) is 23.1 Å². The summed E-state index contributed by atoms with van der Waals surface area (Å²) >= 11 is 11.7. The van der Waals surface area contributed by atoms with Crippen LogP contribution in [0.3, 0.4) is 0 Å². The number of carbonyl (C=O) groups is 1. The zero-order valence-corrected chi connectivity index (χ0v) is 14.4. The van der Waals surface area contributed by atoms with Crippen LogP contribution in [-0.2, 0) is 16.0 Å². The van der Waals surface area contributed by atoms with Crippen LogP contribution in [0, 0.1) is 0 Å². The number of nitrogens with zero attached hydrogens (tertiary/aromatic N) is 1. The highest BCUT2D eigenvalue weighted by Gasteiger charge is 2.17. The summed E-state index contributed by atoms with van der Waals surface area (Å²) in [7, 11) is 2.93. The Labute approximate surface area is 141 Å². The molecule has 2 N–H and O–H groups in total. The van der Waals surface area contributed by atoms with Crippen molar-refractivity contribution in [2.75, 3.05) is 44.0 Å². The van der Waals surface area contributed by atoms with Crippen molar-refractivity contribution in [1.29, 1.82) is 0 Å². The molecular formula is C15H22Cl2N2O3. The number of esters is 1. The first-order valence-electron chi connectivity index (χ1n) is 6.94. The zero-order valence-electron chi connectivity index (χ0n) is 12.9. The molecule has 0 bridgehead atoms. The number of hydrogen-bond acceptors (Lipinski definition) is 5. The highest BCUT2D eigenvalue weighted by atomic mass is 35.5. The van der Waals surface area contributed by atoms with Crippen LogP contribution in [0.15, 0.2) is 18.2 Å². The molecular weight excluding hydrogens is 327 g/mol. The van der Waals surface area contributed by atoms with Crippen LogP contribution in [0.2, 0.25) is 0 Å². The first-order chi connectivity index (χ1) is 10.6. The molecule has 0 saturated carbocycles. The monoisotopic (exact) mass is 348 g/mol. The third-order valence-corrected chi connectivity index (χ3v) is 3.59. The fraction of sp³-hybridized carbons (Fsp3) is 0.533. The van der Waals surface area contributed by atoms with Gasteiger partial charge in [-0.3, -0.25) is 4.79 Å². The van der Waals surface area contributed by atoms with Crippen molar-refractivity contribution in [3.8, 4) is 5.75 Å². The van der Waals surface area contributed by atoms with Crippen LogP contribution in [0.25, 0.3) is 0 Å². The van der Waals surface area contributed by atoms with Crippen molar-refractivity contribution in [2.45, 2.75) is 12.5 Å². The third-order valence-electron chi connectivity index (χ3n) is 3.25. The number of ether oxygens (including phenoxy) is 2. The fourth-order valence-corrected chi connectivity index (χ4v) is 2.56. The minimum atomic E-state index is -0.694. The van der Waals surface area contributed by atoms with E-state index >= 15 is 0 Å². The summed E-state index contributed by atoms with van der Waals surface area (Å²) in [5, 5.41) is 0. The van der Waals surface area contributed by atoms with E-state index in [1.54, 1.807) is 7.11 Å². The Kier molecular flexibility index (Phi) is 8.38. The van der Waals surface area contributed by atoms with Crippen molar-refractivity contribution >= 4 is 34.9 Å². The summed E-state index contributed by atoms with van der Waals surface area (Å²) < 4.78 is 10.0. The number of alkyl halides is 2. The van der Waals surface area contributed by atoms with E-state index in [9.17, 15) is 4.79 Å². The topological polar surface area (TPSA) is 64.8 Å². The van der Waals surface area contributed by atoms with E-state index in [0.29, 0.717) is 31.3 Å². The Hall–Kier alpha value is -1.17. The van der Waals surface area contributed by atoms with E-state index in [1.165, 1.54) is 7.11 Å². The molecule has 0 aliphatic carbocycles. The number of methoxy groups -OCH3 is 2. The summed E-state index contributed by atoms with van der Waals surface area (Å²) in [5.74, 6) is 1.25. The van der Waals surface area contributed by atoms with Gasteiger partial charge in [-0.25, -0.2) is 0 Å². The molecule has 124 valence electrons. The van der Waals surface area contributed by atoms with Crippen molar-refractivity contribution in [3.63, 3.8) is 0 Å². The predicted octanol–water partition coefficient (Wildman–Crippen LogP) is 2.02. The highest BCUT2D eigenvalue weighted by molar-refractivity contribution is 6.18. The molecule has 22 heavy (non-hydrogen) atoms. The van der Waals surface area contributed by atoms with Gasteiger partial charge in [-0.1, -0.05) is 6.07 Å². The molecule has 0 aromatic heterocycles. The summed E-state index contributed by atoms with van der Waals surface area (Å²) in [6.45, 7) is 1.30. The van der Waals surface area contributed by atoms with Gasteiger partial charge in [0.15, 0.2) is 0 Å². The Bertz CT molecular complexity index is 480. The van der Waals surface area contributed by atoms with Crippen LogP contribution in [0.1, 0.15) is 5.56 Å². The average Bonchev–Trinajstić information content (AvgIpc) is 2.53.